The Morgan fingerprint density at radius 1 is 1.31 bits per heavy atom. The zero-order chi connectivity index (χ0) is 18.3. The van der Waals surface area contributed by atoms with Crippen molar-refractivity contribution < 1.29 is 18.8 Å². The van der Waals surface area contributed by atoms with Gasteiger partial charge in [0.05, 0.1) is 7.11 Å². The summed E-state index contributed by atoms with van der Waals surface area (Å²) in [6, 6.07) is 7.54. The van der Waals surface area contributed by atoms with Gasteiger partial charge in [-0.15, -0.1) is 0 Å². The summed E-state index contributed by atoms with van der Waals surface area (Å²) in [5.74, 6) is 1.10. The number of hydrogen-bond acceptors (Lipinski definition) is 5. The van der Waals surface area contributed by atoms with Crippen LogP contribution in [0.2, 0.25) is 0 Å². The van der Waals surface area contributed by atoms with Gasteiger partial charge in [0.25, 0.3) is 5.91 Å². The summed E-state index contributed by atoms with van der Waals surface area (Å²) in [5, 5.41) is 3.84. The summed E-state index contributed by atoms with van der Waals surface area (Å²) in [7, 11) is 1.61. The van der Waals surface area contributed by atoms with Gasteiger partial charge in [-0.25, -0.2) is 0 Å². The third-order valence-corrected chi connectivity index (χ3v) is 4.87. The molecule has 0 saturated heterocycles. The van der Waals surface area contributed by atoms with Crippen molar-refractivity contribution in [2.75, 3.05) is 18.6 Å². The van der Waals surface area contributed by atoms with Gasteiger partial charge >= 0.3 is 0 Å². The second kappa shape index (κ2) is 6.48. The minimum atomic E-state index is -0.263. The molecule has 2 amide bonds. The third kappa shape index (κ3) is 3.05. The first-order chi connectivity index (χ1) is 12.6. The van der Waals surface area contributed by atoms with Crippen molar-refractivity contribution in [1.29, 1.82) is 0 Å². The lowest BCUT2D eigenvalue weighted by Crippen LogP contribution is -2.41. The van der Waals surface area contributed by atoms with Gasteiger partial charge in [-0.2, -0.15) is 0 Å². The van der Waals surface area contributed by atoms with Crippen molar-refractivity contribution in [1.82, 2.24) is 10.1 Å². The summed E-state index contributed by atoms with van der Waals surface area (Å²) in [4.78, 5) is 29.2. The Labute approximate surface area is 151 Å². The number of benzene rings is 1. The molecule has 1 aliphatic carbocycles. The first kappa shape index (κ1) is 16.6. The predicted octanol–water partition coefficient (Wildman–Crippen LogP) is 2.53. The number of carbonyl (C=O) groups is 2. The van der Waals surface area contributed by atoms with Crippen LogP contribution in [0, 0.1) is 6.92 Å². The molecule has 0 spiro atoms. The summed E-state index contributed by atoms with van der Waals surface area (Å²) in [5.41, 5.74) is 1.93. The molecule has 2 aliphatic rings. The van der Waals surface area contributed by atoms with E-state index in [0.29, 0.717) is 37.1 Å². The summed E-state index contributed by atoms with van der Waals surface area (Å²) < 4.78 is 10.4. The highest BCUT2D eigenvalue weighted by Gasteiger charge is 2.35. The molecule has 0 bridgehead atoms. The van der Waals surface area contributed by atoms with Crippen molar-refractivity contribution in [3.63, 3.8) is 0 Å². The average molecular weight is 355 g/mol. The van der Waals surface area contributed by atoms with Crippen LogP contribution in [0.4, 0.5) is 5.69 Å². The van der Waals surface area contributed by atoms with E-state index in [4.69, 9.17) is 9.26 Å². The van der Waals surface area contributed by atoms with Crippen LogP contribution in [0.5, 0.6) is 5.75 Å². The first-order valence-corrected chi connectivity index (χ1v) is 8.78. The van der Waals surface area contributed by atoms with Crippen LogP contribution in [-0.4, -0.2) is 41.6 Å². The lowest BCUT2D eigenvalue weighted by Gasteiger charge is -2.32. The topological polar surface area (TPSA) is 75.9 Å². The molecule has 1 aliphatic heterocycles. The van der Waals surface area contributed by atoms with Crippen LogP contribution in [0.1, 0.15) is 41.1 Å². The van der Waals surface area contributed by atoms with E-state index in [0.717, 1.165) is 24.1 Å². The van der Waals surface area contributed by atoms with E-state index < -0.39 is 0 Å². The minimum absolute atomic E-state index is 0.0788. The number of carbonyl (C=O) groups excluding carboxylic acids is 2. The average Bonchev–Trinajstić information content (AvgIpc) is 3.38. The van der Waals surface area contributed by atoms with Gasteiger partial charge in [0.15, 0.2) is 5.69 Å². The highest BCUT2D eigenvalue weighted by molar-refractivity contribution is 6.05. The van der Waals surface area contributed by atoms with Crippen molar-refractivity contribution in [3.05, 3.63) is 41.3 Å². The number of nitrogens with zero attached hydrogens (tertiary/aromatic N) is 3. The number of rotatable bonds is 3. The van der Waals surface area contributed by atoms with E-state index >= 15 is 0 Å². The van der Waals surface area contributed by atoms with E-state index in [1.807, 2.05) is 23.1 Å². The van der Waals surface area contributed by atoms with Crippen LogP contribution in [0.25, 0.3) is 0 Å². The number of amides is 2. The van der Waals surface area contributed by atoms with Crippen LogP contribution in [-0.2, 0) is 11.3 Å². The fourth-order valence-corrected chi connectivity index (χ4v) is 3.36. The van der Waals surface area contributed by atoms with E-state index in [9.17, 15) is 9.59 Å². The van der Waals surface area contributed by atoms with Gasteiger partial charge in [-0.05, 0) is 43.5 Å². The van der Waals surface area contributed by atoms with E-state index in [2.05, 4.69) is 5.16 Å². The molecule has 1 aromatic carbocycles. The van der Waals surface area contributed by atoms with Gasteiger partial charge in [0.1, 0.15) is 11.5 Å². The number of fused-ring (bicyclic) bond motifs is 1. The highest BCUT2D eigenvalue weighted by atomic mass is 16.5. The van der Waals surface area contributed by atoms with Crippen LogP contribution in [0.15, 0.2) is 28.8 Å². The quantitative estimate of drug-likeness (QED) is 0.846. The molecule has 136 valence electrons. The van der Waals surface area contributed by atoms with Crippen molar-refractivity contribution in [2.24, 2.45) is 0 Å². The Balaban J connectivity index is 1.74. The second-order valence-corrected chi connectivity index (χ2v) is 6.78. The Hall–Kier alpha value is -2.83. The minimum Gasteiger partial charge on any atom is -0.497 e. The molecule has 4 rings (SSSR count). The zero-order valence-corrected chi connectivity index (χ0v) is 14.9. The number of anilines is 1. The lowest BCUT2D eigenvalue weighted by atomic mass is 10.1. The second-order valence-electron chi connectivity index (χ2n) is 6.78. The van der Waals surface area contributed by atoms with Gasteiger partial charge in [0.2, 0.25) is 5.91 Å². The molecular formula is C19H21N3O4. The number of hydrogen-bond donors (Lipinski definition) is 0. The summed E-state index contributed by atoms with van der Waals surface area (Å²) >= 11 is 0. The van der Waals surface area contributed by atoms with Gasteiger partial charge in [0, 0.05) is 37.3 Å². The normalized spacial score (nSPS) is 17.5. The van der Waals surface area contributed by atoms with Crippen LogP contribution in [0.3, 0.4) is 0 Å². The molecule has 7 heteroatoms. The highest BCUT2D eigenvalue weighted by Crippen LogP contribution is 2.35. The first-order valence-electron chi connectivity index (χ1n) is 8.78. The molecule has 0 unspecified atom stereocenters. The number of aromatic nitrogens is 1. The van der Waals surface area contributed by atoms with E-state index in [1.54, 1.807) is 25.0 Å². The maximum atomic E-state index is 13.0. The fraction of sp³-hybridized carbons (Fsp3) is 0.421. The van der Waals surface area contributed by atoms with E-state index in [1.165, 1.54) is 0 Å². The Bertz CT molecular complexity index is 856. The Kier molecular flexibility index (Phi) is 4.14. The smallest absolute Gasteiger partial charge is 0.280 e. The Morgan fingerprint density at radius 2 is 2.12 bits per heavy atom. The molecule has 1 saturated carbocycles. The Morgan fingerprint density at radius 3 is 2.77 bits per heavy atom. The van der Waals surface area contributed by atoms with Crippen molar-refractivity contribution in [2.45, 2.75) is 38.8 Å². The maximum Gasteiger partial charge on any atom is 0.280 e. The lowest BCUT2D eigenvalue weighted by molar-refractivity contribution is -0.132. The molecule has 1 aromatic heterocycles. The monoisotopic (exact) mass is 355 g/mol. The molecule has 0 N–H and O–H groups in total. The predicted molar refractivity (Wildman–Crippen MR) is 94.1 cm³/mol. The molecule has 2 aromatic rings. The SMILES string of the molecule is COc1ccc2c(c1)CN(C1CC1)C(=O)CCN2C(=O)c1cc(C)on1. The molecule has 0 atom stereocenters. The van der Waals surface area contributed by atoms with Gasteiger partial charge < -0.3 is 19.1 Å². The standard InChI is InChI=1S/C19H21N3O4/c1-12-9-16(20-26-12)19(24)21-8-7-18(23)22(14-3-4-14)11-13-10-15(25-2)5-6-17(13)21/h5-6,9-10,14H,3-4,7-8,11H2,1-2H3. The van der Waals surface area contributed by atoms with Crippen LogP contribution < -0.4 is 9.64 Å². The number of ether oxygens (including phenoxy) is 1. The molecular weight excluding hydrogens is 334 g/mol. The molecule has 1 fully saturated rings. The molecule has 2 heterocycles. The maximum absolute atomic E-state index is 13.0. The zero-order valence-electron chi connectivity index (χ0n) is 14.9. The summed E-state index contributed by atoms with van der Waals surface area (Å²) in [6.45, 7) is 2.54. The summed E-state index contributed by atoms with van der Waals surface area (Å²) in [6.07, 6.45) is 2.39. The van der Waals surface area contributed by atoms with Crippen molar-refractivity contribution in [3.8, 4) is 5.75 Å². The molecule has 26 heavy (non-hydrogen) atoms. The van der Waals surface area contributed by atoms with Crippen molar-refractivity contribution >= 4 is 17.5 Å². The fourth-order valence-electron chi connectivity index (χ4n) is 3.36. The number of methoxy groups -OCH3 is 1. The molecule has 7 nitrogen and oxygen atoms in total. The van der Waals surface area contributed by atoms with E-state index in [-0.39, 0.29) is 17.5 Å². The van der Waals surface area contributed by atoms with Gasteiger partial charge in [-0.3, -0.25) is 9.59 Å². The largest absolute Gasteiger partial charge is 0.497 e. The molecule has 0 radical (unpaired) electrons. The van der Waals surface area contributed by atoms with Crippen LogP contribution >= 0.6 is 0 Å². The third-order valence-electron chi connectivity index (χ3n) is 4.87. The van der Waals surface area contributed by atoms with Gasteiger partial charge in [-0.1, -0.05) is 5.16 Å². The number of aryl methyl sites for hydroxylation is 1.